The summed E-state index contributed by atoms with van der Waals surface area (Å²) in [6.45, 7) is 8.66. The Balaban J connectivity index is 1.58. The van der Waals surface area contributed by atoms with Gasteiger partial charge in [-0.3, -0.25) is 14.5 Å². The molecule has 0 aliphatic carbocycles. The van der Waals surface area contributed by atoms with Gasteiger partial charge in [0.1, 0.15) is 23.9 Å². The molecular formula is C36H35NO5. The number of ketones is 1. The van der Waals surface area contributed by atoms with Crippen LogP contribution in [0.1, 0.15) is 54.6 Å². The Morgan fingerprint density at radius 3 is 2.24 bits per heavy atom. The van der Waals surface area contributed by atoms with Gasteiger partial charge in [0.05, 0.1) is 18.7 Å². The number of carbonyl (C=O) groups is 2. The molecule has 0 aromatic heterocycles. The van der Waals surface area contributed by atoms with Crippen LogP contribution in [0.3, 0.4) is 0 Å². The second-order valence-electron chi connectivity index (χ2n) is 11.5. The number of ether oxygens (including phenoxy) is 2. The highest BCUT2D eigenvalue weighted by molar-refractivity contribution is 6.51. The summed E-state index contributed by atoms with van der Waals surface area (Å²) in [6, 6.07) is 29.1. The van der Waals surface area contributed by atoms with E-state index >= 15 is 0 Å². The molecule has 0 radical (unpaired) electrons. The van der Waals surface area contributed by atoms with Gasteiger partial charge in [-0.05, 0) is 64.9 Å². The van der Waals surface area contributed by atoms with Crippen molar-refractivity contribution in [1.82, 2.24) is 0 Å². The van der Waals surface area contributed by atoms with Gasteiger partial charge in [-0.1, -0.05) is 81.4 Å². The summed E-state index contributed by atoms with van der Waals surface area (Å²) in [6.07, 6.45) is 0. The van der Waals surface area contributed by atoms with Gasteiger partial charge in [-0.25, -0.2) is 0 Å². The molecule has 1 unspecified atom stereocenters. The van der Waals surface area contributed by atoms with E-state index in [9.17, 15) is 14.7 Å². The Morgan fingerprint density at radius 2 is 1.60 bits per heavy atom. The lowest BCUT2D eigenvalue weighted by molar-refractivity contribution is -0.132. The van der Waals surface area contributed by atoms with Gasteiger partial charge in [0, 0.05) is 17.3 Å². The molecule has 4 aromatic carbocycles. The molecule has 5 rings (SSSR count). The van der Waals surface area contributed by atoms with Crippen LogP contribution in [0.5, 0.6) is 11.5 Å². The highest BCUT2D eigenvalue weighted by Crippen LogP contribution is 2.43. The lowest BCUT2D eigenvalue weighted by Gasteiger charge is -2.27. The lowest BCUT2D eigenvalue weighted by atomic mass is 9.85. The second kappa shape index (κ2) is 11.6. The first-order valence-corrected chi connectivity index (χ1v) is 13.9. The Kier molecular flexibility index (Phi) is 7.90. The average Bonchev–Trinajstić information content (AvgIpc) is 3.26. The maximum atomic E-state index is 13.6. The number of aryl methyl sites for hydroxylation is 1. The van der Waals surface area contributed by atoms with Crippen LogP contribution in [0.2, 0.25) is 0 Å². The third kappa shape index (κ3) is 5.66. The van der Waals surface area contributed by atoms with Crippen molar-refractivity contribution < 1.29 is 24.2 Å². The van der Waals surface area contributed by atoms with Gasteiger partial charge in [0.2, 0.25) is 0 Å². The molecule has 1 fully saturated rings. The summed E-state index contributed by atoms with van der Waals surface area (Å²) in [5.41, 5.74) is 4.55. The van der Waals surface area contributed by atoms with E-state index in [0.29, 0.717) is 34.9 Å². The highest BCUT2D eigenvalue weighted by atomic mass is 16.5. The van der Waals surface area contributed by atoms with Gasteiger partial charge in [0.15, 0.2) is 0 Å². The molecule has 42 heavy (non-hydrogen) atoms. The number of hydrogen-bond donors (Lipinski definition) is 1. The number of amides is 1. The van der Waals surface area contributed by atoms with E-state index in [-0.39, 0.29) is 16.7 Å². The quantitative estimate of drug-likeness (QED) is 0.144. The summed E-state index contributed by atoms with van der Waals surface area (Å²) in [7, 11) is 1.55. The molecule has 1 atom stereocenters. The monoisotopic (exact) mass is 561 g/mol. The first kappa shape index (κ1) is 28.7. The molecule has 0 bridgehead atoms. The van der Waals surface area contributed by atoms with Gasteiger partial charge < -0.3 is 14.6 Å². The van der Waals surface area contributed by atoms with Crippen molar-refractivity contribution in [2.45, 2.75) is 45.8 Å². The zero-order valence-electron chi connectivity index (χ0n) is 24.5. The number of rotatable bonds is 7. The SMILES string of the molecule is COc1cccc(N2C(=O)C(=O)/C(=C(/O)c3ccc(OCc4ccccc4)c(C)c3)C2c2ccc(C(C)(C)C)cc2)c1. The van der Waals surface area contributed by atoms with E-state index in [1.165, 1.54) is 4.90 Å². The molecule has 6 heteroatoms. The Hall–Kier alpha value is -4.84. The van der Waals surface area contributed by atoms with Gasteiger partial charge in [-0.15, -0.1) is 0 Å². The Bertz CT molecular complexity index is 1650. The molecule has 1 aliphatic rings. The topological polar surface area (TPSA) is 76.1 Å². The zero-order chi connectivity index (χ0) is 30.0. The summed E-state index contributed by atoms with van der Waals surface area (Å²) in [5.74, 6) is -0.475. The maximum Gasteiger partial charge on any atom is 0.300 e. The minimum atomic E-state index is -0.833. The minimum Gasteiger partial charge on any atom is -0.507 e. The number of nitrogens with zero attached hydrogens (tertiary/aromatic N) is 1. The number of Topliss-reactive ketones (excluding diaryl/α,β-unsaturated/α-hetero) is 1. The molecule has 1 amide bonds. The van der Waals surface area contributed by atoms with E-state index in [1.807, 2.05) is 61.5 Å². The summed E-state index contributed by atoms with van der Waals surface area (Å²) >= 11 is 0. The van der Waals surface area contributed by atoms with Crippen LogP contribution in [0.15, 0.2) is 103 Å². The fourth-order valence-electron chi connectivity index (χ4n) is 5.19. The third-order valence-corrected chi connectivity index (χ3v) is 7.55. The summed E-state index contributed by atoms with van der Waals surface area (Å²) in [5, 5.41) is 11.6. The van der Waals surface area contributed by atoms with E-state index in [1.54, 1.807) is 49.6 Å². The number of aliphatic hydroxyl groups excluding tert-OH is 1. The molecule has 1 N–H and O–H groups in total. The van der Waals surface area contributed by atoms with Crippen molar-refractivity contribution in [2.24, 2.45) is 0 Å². The molecule has 6 nitrogen and oxygen atoms in total. The highest BCUT2D eigenvalue weighted by Gasteiger charge is 2.47. The number of carbonyl (C=O) groups excluding carboxylic acids is 2. The molecule has 0 saturated carbocycles. The van der Waals surface area contributed by atoms with Crippen molar-refractivity contribution in [1.29, 1.82) is 0 Å². The minimum absolute atomic E-state index is 0.0312. The molecule has 1 heterocycles. The fraction of sp³-hybridized carbons (Fsp3) is 0.222. The maximum absolute atomic E-state index is 13.6. The van der Waals surface area contributed by atoms with Crippen molar-refractivity contribution in [3.63, 3.8) is 0 Å². The van der Waals surface area contributed by atoms with E-state index in [0.717, 1.165) is 16.7 Å². The molecule has 214 valence electrons. The standard InChI is InChI=1S/C36H35NO5/c1-23-20-26(16-19-30(23)42-22-24-10-7-6-8-11-24)33(38)31-32(25-14-17-27(18-15-25)36(2,3)4)37(35(40)34(31)39)28-12-9-13-29(21-28)41-5/h6-21,32,38H,22H2,1-5H3/b33-31+. The van der Waals surface area contributed by atoms with Crippen LogP contribution in [0, 0.1) is 6.92 Å². The van der Waals surface area contributed by atoms with Crippen LogP contribution < -0.4 is 14.4 Å². The Morgan fingerprint density at radius 1 is 0.881 bits per heavy atom. The Labute approximate surface area is 246 Å². The van der Waals surface area contributed by atoms with Crippen molar-refractivity contribution in [3.05, 3.63) is 130 Å². The predicted molar refractivity (Wildman–Crippen MR) is 165 cm³/mol. The third-order valence-electron chi connectivity index (χ3n) is 7.55. The van der Waals surface area contributed by atoms with Crippen LogP contribution in [0.25, 0.3) is 5.76 Å². The van der Waals surface area contributed by atoms with Crippen molar-refractivity contribution in [2.75, 3.05) is 12.0 Å². The normalized spacial score (nSPS) is 16.5. The average molecular weight is 562 g/mol. The summed E-state index contributed by atoms with van der Waals surface area (Å²) < 4.78 is 11.4. The lowest BCUT2D eigenvalue weighted by Crippen LogP contribution is -2.29. The molecule has 1 saturated heterocycles. The molecule has 4 aromatic rings. The van der Waals surface area contributed by atoms with E-state index in [2.05, 4.69) is 20.8 Å². The van der Waals surface area contributed by atoms with Gasteiger partial charge >= 0.3 is 0 Å². The first-order valence-electron chi connectivity index (χ1n) is 13.9. The number of aliphatic hydroxyl groups is 1. The smallest absolute Gasteiger partial charge is 0.300 e. The van der Waals surface area contributed by atoms with Crippen LogP contribution in [-0.2, 0) is 21.6 Å². The van der Waals surface area contributed by atoms with E-state index < -0.39 is 17.7 Å². The van der Waals surface area contributed by atoms with Crippen LogP contribution in [0.4, 0.5) is 5.69 Å². The number of benzene rings is 4. The molecule has 0 spiro atoms. The van der Waals surface area contributed by atoms with Crippen LogP contribution >= 0.6 is 0 Å². The van der Waals surface area contributed by atoms with Crippen molar-refractivity contribution >= 4 is 23.1 Å². The number of methoxy groups -OCH3 is 1. The van der Waals surface area contributed by atoms with Crippen molar-refractivity contribution in [3.8, 4) is 11.5 Å². The van der Waals surface area contributed by atoms with Gasteiger partial charge in [0.25, 0.3) is 11.7 Å². The largest absolute Gasteiger partial charge is 0.507 e. The molecule has 1 aliphatic heterocycles. The fourth-order valence-corrected chi connectivity index (χ4v) is 5.19. The van der Waals surface area contributed by atoms with Crippen LogP contribution in [-0.4, -0.2) is 23.9 Å². The number of hydrogen-bond acceptors (Lipinski definition) is 5. The molecular weight excluding hydrogens is 526 g/mol. The number of anilines is 1. The van der Waals surface area contributed by atoms with Gasteiger partial charge in [-0.2, -0.15) is 0 Å². The first-order chi connectivity index (χ1) is 20.1. The zero-order valence-corrected chi connectivity index (χ0v) is 24.5. The predicted octanol–water partition coefficient (Wildman–Crippen LogP) is 7.51. The second-order valence-corrected chi connectivity index (χ2v) is 11.5. The van der Waals surface area contributed by atoms with E-state index in [4.69, 9.17) is 9.47 Å². The summed E-state index contributed by atoms with van der Waals surface area (Å²) in [4.78, 5) is 28.6.